The molecule has 1 saturated heterocycles. The number of piperazine rings is 1. The van der Waals surface area contributed by atoms with Gasteiger partial charge in [-0.15, -0.1) is 0 Å². The molecule has 0 aromatic heterocycles. The predicted molar refractivity (Wildman–Crippen MR) is 90.5 cm³/mol. The molecule has 0 unspecified atom stereocenters. The smallest absolute Gasteiger partial charge is 0.265 e. The molecule has 3 rings (SSSR count). The molecule has 1 amide bonds. The molecule has 0 radical (unpaired) electrons. The van der Waals surface area contributed by atoms with Gasteiger partial charge in [0, 0.05) is 11.6 Å². The summed E-state index contributed by atoms with van der Waals surface area (Å²) >= 11 is 6.03. The van der Waals surface area contributed by atoms with E-state index >= 15 is 0 Å². The number of halogens is 1. The molecule has 3 N–H and O–H groups in total. The molecule has 24 heavy (non-hydrogen) atoms. The number of hydrogen-bond donors (Lipinski definition) is 3. The van der Waals surface area contributed by atoms with Crippen LogP contribution in [0.3, 0.4) is 0 Å². The minimum atomic E-state index is -3.70. The molecular formula is C15H22ClN4O3S+. The monoisotopic (exact) mass is 373 g/mol. The highest BCUT2D eigenvalue weighted by Gasteiger charge is 2.30. The molecule has 1 aromatic carbocycles. The van der Waals surface area contributed by atoms with E-state index in [1.807, 2.05) is 5.01 Å². The number of rotatable bonds is 5. The molecule has 1 aliphatic heterocycles. The molecule has 2 fully saturated rings. The first kappa shape index (κ1) is 17.6. The van der Waals surface area contributed by atoms with Gasteiger partial charge in [0.2, 0.25) is 10.0 Å². The SMILES string of the molecule is C[NH+]1CCN(NC(=O)c2ccc(Cl)c(S(=O)(=O)NC3CC3)c2)CC1. The first-order chi connectivity index (χ1) is 11.3. The van der Waals surface area contributed by atoms with Gasteiger partial charge in [0.15, 0.2) is 0 Å². The lowest BCUT2D eigenvalue weighted by Crippen LogP contribution is -3.12. The average Bonchev–Trinajstić information content (AvgIpc) is 3.33. The number of likely N-dealkylation sites (N-methyl/N-ethyl adjacent to an activating group) is 1. The topological polar surface area (TPSA) is 83.0 Å². The van der Waals surface area contributed by atoms with E-state index in [1.54, 1.807) is 0 Å². The number of nitrogens with zero attached hydrogens (tertiary/aromatic N) is 1. The molecule has 1 saturated carbocycles. The second kappa shape index (κ2) is 6.97. The van der Waals surface area contributed by atoms with E-state index < -0.39 is 10.0 Å². The molecule has 0 bridgehead atoms. The summed E-state index contributed by atoms with van der Waals surface area (Å²) in [4.78, 5) is 13.8. The summed E-state index contributed by atoms with van der Waals surface area (Å²) in [5, 5.41) is 1.98. The Kier molecular flexibility index (Phi) is 5.12. The Bertz CT molecular complexity index is 728. The fourth-order valence-corrected chi connectivity index (χ4v) is 4.37. The van der Waals surface area contributed by atoms with E-state index in [1.165, 1.54) is 23.1 Å². The molecule has 7 nitrogen and oxygen atoms in total. The summed E-state index contributed by atoms with van der Waals surface area (Å²) in [6.07, 6.45) is 1.67. The number of carbonyl (C=O) groups is 1. The quantitative estimate of drug-likeness (QED) is 0.634. The van der Waals surface area contributed by atoms with E-state index in [0.29, 0.717) is 0 Å². The third-order valence-corrected chi connectivity index (χ3v) is 6.26. The normalized spacial score (nSPS) is 20.1. The number of hydrogen-bond acceptors (Lipinski definition) is 4. The van der Waals surface area contributed by atoms with Crippen LogP contribution in [0.5, 0.6) is 0 Å². The molecule has 9 heteroatoms. The lowest BCUT2D eigenvalue weighted by molar-refractivity contribution is -0.884. The second-order valence-corrected chi connectivity index (χ2v) is 8.52. The Morgan fingerprint density at radius 3 is 2.58 bits per heavy atom. The van der Waals surface area contributed by atoms with Crippen LogP contribution in [0, 0.1) is 0 Å². The van der Waals surface area contributed by atoms with Gasteiger partial charge in [-0.3, -0.25) is 10.2 Å². The van der Waals surface area contributed by atoms with Crippen molar-refractivity contribution in [1.82, 2.24) is 15.2 Å². The standard InChI is InChI=1S/C15H21ClN4O3S/c1-19-6-8-20(9-7-19)17-15(21)11-2-5-13(16)14(10-11)24(22,23)18-12-3-4-12/h2,5,10,12,18H,3-4,6-9H2,1H3,(H,17,21)/p+1. The van der Waals surface area contributed by atoms with Gasteiger partial charge in [-0.1, -0.05) is 11.6 Å². The first-order valence-electron chi connectivity index (χ1n) is 8.04. The van der Waals surface area contributed by atoms with Gasteiger partial charge in [-0.25, -0.2) is 18.1 Å². The largest absolute Gasteiger partial charge is 0.335 e. The maximum Gasteiger partial charge on any atom is 0.265 e. The predicted octanol–water partition coefficient (Wildman–Crippen LogP) is -0.744. The number of benzene rings is 1. The van der Waals surface area contributed by atoms with Crippen LogP contribution in [-0.4, -0.2) is 58.6 Å². The van der Waals surface area contributed by atoms with Crippen molar-refractivity contribution in [2.75, 3.05) is 33.2 Å². The molecule has 0 spiro atoms. The van der Waals surface area contributed by atoms with Crippen molar-refractivity contribution in [2.45, 2.75) is 23.8 Å². The van der Waals surface area contributed by atoms with Crippen molar-refractivity contribution < 1.29 is 18.1 Å². The van der Waals surface area contributed by atoms with Crippen LogP contribution >= 0.6 is 11.6 Å². The van der Waals surface area contributed by atoms with Gasteiger partial charge in [0.1, 0.15) is 4.90 Å². The van der Waals surface area contributed by atoms with Gasteiger partial charge in [0.05, 0.1) is 38.2 Å². The van der Waals surface area contributed by atoms with Crippen LogP contribution in [0.2, 0.25) is 5.02 Å². The van der Waals surface area contributed by atoms with E-state index in [0.717, 1.165) is 39.0 Å². The number of carbonyl (C=O) groups excluding carboxylic acids is 1. The molecular weight excluding hydrogens is 352 g/mol. The van der Waals surface area contributed by atoms with Gasteiger partial charge in [-0.05, 0) is 31.0 Å². The summed E-state index contributed by atoms with van der Waals surface area (Å²) < 4.78 is 27.3. The van der Waals surface area contributed by atoms with Crippen LogP contribution < -0.4 is 15.0 Å². The van der Waals surface area contributed by atoms with Crippen molar-refractivity contribution in [3.05, 3.63) is 28.8 Å². The van der Waals surface area contributed by atoms with E-state index in [-0.39, 0.29) is 27.4 Å². The lowest BCUT2D eigenvalue weighted by Gasteiger charge is -2.30. The second-order valence-electron chi connectivity index (χ2n) is 6.43. The highest BCUT2D eigenvalue weighted by atomic mass is 35.5. The fraction of sp³-hybridized carbons (Fsp3) is 0.533. The summed E-state index contributed by atoms with van der Waals surface area (Å²) in [5.41, 5.74) is 3.11. The minimum absolute atomic E-state index is 0.0172. The van der Waals surface area contributed by atoms with Crippen molar-refractivity contribution in [3.63, 3.8) is 0 Å². The van der Waals surface area contributed by atoms with Crippen LogP contribution in [0.4, 0.5) is 0 Å². The highest BCUT2D eigenvalue weighted by molar-refractivity contribution is 7.89. The van der Waals surface area contributed by atoms with Crippen molar-refractivity contribution in [3.8, 4) is 0 Å². The summed E-state index contributed by atoms with van der Waals surface area (Å²) in [6.45, 7) is 3.43. The van der Waals surface area contributed by atoms with Crippen molar-refractivity contribution in [1.29, 1.82) is 0 Å². The third kappa shape index (κ3) is 4.25. The molecule has 1 heterocycles. The zero-order valence-electron chi connectivity index (χ0n) is 13.5. The van der Waals surface area contributed by atoms with E-state index in [2.05, 4.69) is 17.2 Å². The molecule has 1 aliphatic carbocycles. The Morgan fingerprint density at radius 1 is 1.29 bits per heavy atom. The van der Waals surface area contributed by atoms with Crippen molar-refractivity contribution >= 4 is 27.5 Å². The Morgan fingerprint density at radius 2 is 1.96 bits per heavy atom. The number of amides is 1. The Balaban J connectivity index is 1.73. The zero-order valence-corrected chi connectivity index (χ0v) is 15.1. The molecule has 2 aliphatic rings. The van der Waals surface area contributed by atoms with E-state index in [9.17, 15) is 13.2 Å². The summed E-state index contributed by atoms with van der Waals surface area (Å²) in [7, 11) is -1.59. The average molecular weight is 374 g/mol. The van der Waals surface area contributed by atoms with Crippen LogP contribution in [-0.2, 0) is 10.0 Å². The molecule has 1 aromatic rings. The fourth-order valence-electron chi connectivity index (χ4n) is 2.54. The lowest BCUT2D eigenvalue weighted by atomic mass is 10.2. The minimum Gasteiger partial charge on any atom is -0.335 e. The van der Waals surface area contributed by atoms with Crippen LogP contribution in [0.25, 0.3) is 0 Å². The number of quaternary nitrogens is 1. The Hall–Kier alpha value is -1.19. The zero-order chi connectivity index (χ0) is 17.3. The van der Waals surface area contributed by atoms with Gasteiger partial charge < -0.3 is 4.90 Å². The van der Waals surface area contributed by atoms with Crippen LogP contribution in [0.15, 0.2) is 23.1 Å². The maximum absolute atomic E-state index is 12.4. The molecule has 132 valence electrons. The summed E-state index contributed by atoms with van der Waals surface area (Å²) in [5.74, 6) is -0.325. The molecule has 0 atom stereocenters. The number of hydrazine groups is 1. The summed E-state index contributed by atoms with van der Waals surface area (Å²) in [6, 6.07) is 4.31. The van der Waals surface area contributed by atoms with Crippen LogP contribution in [0.1, 0.15) is 23.2 Å². The van der Waals surface area contributed by atoms with Crippen molar-refractivity contribution in [2.24, 2.45) is 0 Å². The van der Waals surface area contributed by atoms with E-state index in [4.69, 9.17) is 11.6 Å². The third-order valence-electron chi connectivity index (χ3n) is 4.26. The number of sulfonamides is 1. The number of nitrogens with one attached hydrogen (secondary N) is 3. The van der Waals surface area contributed by atoms with Gasteiger partial charge in [0.25, 0.3) is 5.91 Å². The maximum atomic E-state index is 12.4. The highest BCUT2D eigenvalue weighted by Crippen LogP contribution is 2.26. The first-order valence-corrected chi connectivity index (χ1v) is 9.90. The van der Waals surface area contributed by atoms with Gasteiger partial charge in [-0.2, -0.15) is 0 Å². The van der Waals surface area contributed by atoms with Gasteiger partial charge >= 0.3 is 0 Å². The Labute approximate surface area is 147 Å².